The molecule has 0 aliphatic carbocycles. The summed E-state index contributed by atoms with van der Waals surface area (Å²) in [6.45, 7) is -0.0249. The number of likely N-dealkylation sites (N-methyl/N-ethyl adjacent to an activating group) is 1. The third kappa shape index (κ3) is 2.89. The van der Waals surface area contributed by atoms with E-state index in [1.165, 1.54) is 29.2 Å². The van der Waals surface area contributed by atoms with Gasteiger partial charge in [-0.05, 0) is 24.3 Å². The van der Waals surface area contributed by atoms with Crippen molar-refractivity contribution in [3.05, 3.63) is 58.1 Å². The van der Waals surface area contributed by atoms with Gasteiger partial charge in [-0.2, -0.15) is 0 Å². The molecule has 0 atom stereocenters. The summed E-state index contributed by atoms with van der Waals surface area (Å²) in [7, 11) is 1.62. The summed E-state index contributed by atoms with van der Waals surface area (Å²) in [6.07, 6.45) is 0. The number of nitro groups is 1. The number of hydrogen-bond acceptors (Lipinski definition) is 5. The van der Waals surface area contributed by atoms with Crippen LogP contribution in [0.25, 0.3) is 0 Å². The van der Waals surface area contributed by atoms with Gasteiger partial charge >= 0.3 is 0 Å². The molecule has 3 rings (SSSR count). The second kappa shape index (κ2) is 5.99. The van der Waals surface area contributed by atoms with Gasteiger partial charge in [0.05, 0.1) is 10.6 Å². The van der Waals surface area contributed by atoms with E-state index >= 15 is 0 Å². The van der Waals surface area contributed by atoms with Crippen LogP contribution in [0.3, 0.4) is 0 Å². The van der Waals surface area contributed by atoms with Gasteiger partial charge in [-0.1, -0.05) is 6.07 Å². The van der Waals surface area contributed by atoms with E-state index in [2.05, 4.69) is 5.32 Å². The first-order valence-electron chi connectivity index (χ1n) is 7.05. The molecule has 0 aromatic heterocycles. The maximum atomic E-state index is 12.3. The molecule has 0 saturated heterocycles. The van der Waals surface area contributed by atoms with Crippen molar-refractivity contribution in [2.45, 2.75) is 0 Å². The van der Waals surface area contributed by atoms with Crippen LogP contribution in [0.4, 0.5) is 17.1 Å². The molecular formula is C16H13N3O5. The average molecular weight is 327 g/mol. The van der Waals surface area contributed by atoms with E-state index < -0.39 is 10.8 Å². The Morgan fingerprint density at radius 3 is 2.83 bits per heavy atom. The highest BCUT2D eigenvalue weighted by Crippen LogP contribution is 2.33. The van der Waals surface area contributed by atoms with Crippen LogP contribution >= 0.6 is 0 Å². The Morgan fingerprint density at radius 2 is 2.08 bits per heavy atom. The van der Waals surface area contributed by atoms with Crippen molar-refractivity contribution in [3.8, 4) is 5.75 Å². The minimum Gasteiger partial charge on any atom is -0.482 e. The first-order valence-corrected chi connectivity index (χ1v) is 7.05. The summed E-state index contributed by atoms with van der Waals surface area (Å²) < 4.78 is 5.31. The Morgan fingerprint density at radius 1 is 1.29 bits per heavy atom. The maximum Gasteiger partial charge on any atom is 0.270 e. The summed E-state index contributed by atoms with van der Waals surface area (Å²) >= 11 is 0. The first-order chi connectivity index (χ1) is 11.5. The van der Waals surface area contributed by atoms with Crippen molar-refractivity contribution in [3.63, 3.8) is 0 Å². The Bertz CT molecular complexity index is 849. The van der Waals surface area contributed by atoms with E-state index in [4.69, 9.17) is 4.74 Å². The average Bonchev–Trinajstić information content (AvgIpc) is 2.58. The molecule has 1 aliphatic rings. The van der Waals surface area contributed by atoms with Crippen LogP contribution in [-0.4, -0.2) is 30.4 Å². The number of anilines is 2. The van der Waals surface area contributed by atoms with Crippen LogP contribution in [0.2, 0.25) is 0 Å². The van der Waals surface area contributed by atoms with Gasteiger partial charge in [0.1, 0.15) is 5.75 Å². The molecule has 1 heterocycles. The summed E-state index contributed by atoms with van der Waals surface area (Å²) in [5.41, 5.74) is 1.01. The van der Waals surface area contributed by atoms with Gasteiger partial charge in [0.2, 0.25) is 0 Å². The Hall–Kier alpha value is -3.42. The summed E-state index contributed by atoms with van der Waals surface area (Å²) in [5, 5.41) is 13.4. The highest BCUT2D eigenvalue weighted by atomic mass is 16.6. The lowest BCUT2D eigenvalue weighted by atomic mass is 10.1. The molecule has 0 spiro atoms. The van der Waals surface area contributed by atoms with Crippen LogP contribution in [0.15, 0.2) is 42.5 Å². The third-order valence-electron chi connectivity index (χ3n) is 3.62. The highest BCUT2D eigenvalue weighted by Gasteiger charge is 2.22. The molecule has 8 nitrogen and oxygen atoms in total. The third-order valence-corrected chi connectivity index (χ3v) is 3.62. The fourth-order valence-electron chi connectivity index (χ4n) is 2.31. The molecule has 122 valence electrons. The van der Waals surface area contributed by atoms with Crippen molar-refractivity contribution < 1.29 is 19.2 Å². The topological polar surface area (TPSA) is 102 Å². The molecule has 2 aromatic carbocycles. The number of hydrogen-bond donors (Lipinski definition) is 1. The molecule has 2 aromatic rings. The van der Waals surface area contributed by atoms with Crippen LogP contribution in [-0.2, 0) is 4.79 Å². The van der Waals surface area contributed by atoms with Crippen molar-refractivity contribution in [2.24, 2.45) is 0 Å². The van der Waals surface area contributed by atoms with Gasteiger partial charge in [-0.15, -0.1) is 0 Å². The number of nitrogens with one attached hydrogen (secondary N) is 1. The molecule has 1 N–H and O–H groups in total. The zero-order valence-corrected chi connectivity index (χ0v) is 12.7. The molecule has 8 heteroatoms. The predicted octanol–water partition coefficient (Wildman–Crippen LogP) is 2.20. The van der Waals surface area contributed by atoms with E-state index in [1.54, 1.807) is 25.2 Å². The van der Waals surface area contributed by atoms with Crippen molar-refractivity contribution >= 4 is 28.9 Å². The van der Waals surface area contributed by atoms with Crippen LogP contribution in [0, 0.1) is 10.1 Å². The lowest BCUT2D eigenvalue weighted by Gasteiger charge is -2.26. The second-order valence-corrected chi connectivity index (χ2v) is 5.19. The van der Waals surface area contributed by atoms with E-state index in [9.17, 15) is 19.7 Å². The lowest BCUT2D eigenvalue weighted by Crippen LogP contribution is -2.35. The zero-order valence-electron chi connectivity index (χ0n) is 12.7. The number of ether oxygens (including phenoxy) is 1. The summed E-state index contributed by atoms with van der Waals surface area (Å²) in [4.78, 5) is 35.6. The van der Waals surface area contributed by atoms with E-state index in [1.807, 2.05) is 0 Å². The van der Waals surface area contributed by atoms with Crippen LogP contribution in [0.1, 0.15) is 10.4 Å². The van der Waals surface area contributed by atoms with Gasteiger partial charge in [-0.3, -0.25) is 19.7 Å². The van der Waals surface area contributed by atoms with Gasteiger partial charge in [0, 0.05) is 30.4 Å². The van der Waals surface area contributed by atoms with Crippen molar-refractivity contribution in [2.75, 3.05) is 23.9 Å². The largest absolute Gasteiger partial charge is 0.482 e. The molecular weight excluding hydrogens is 314 g/mol. The minimum atomic E-state index is -0.562. The molecule has 2 amide bonds. The van der Waals surface area contributed by atoms with Gasteiger partial charge < -0.3 is 15.0 Å². The number of benzene rings is 2. The normalized spacial score (nSPS) is 13.0. The van der Waals surface area contributed by atoms with Gasteiger partial charge in [0.15, 0.2) is 6.61 Å². The number of fused-ring (bicyclic) bond motifs is 1. The van der Waals surface area contributed by atoms with Crippen molar-refractivity contribution in [1.29, 1.82) is 0 Å². The number of rotatable bonds is 3. The minimum absolute atomic E-state index is 0.0249. The van der Waals surface area contributed by atoms with E-state index in [0.717, 1.165) is 0 Å². The molecule has 0 bridgehead atoms. The second-order valence-electron chi connectivity index (χ2n) is 5.19. The van der Waals surface area contributed by atoms with Crippen molar-refractivity contribution in [1.82, 2.24) is 0 Å². The Balaban J connectivity index is 1.84. The van der Waals surface area contributed by atoms with E-state index in [-0.39, 0.29) is 23.8 Å². The number of carbonyl (C=O) groups is 2. The monoisotopic (exact) mass is 327 g/mol. The smallest absolute Gasteiger partial charge is 0.270 e. The molecule has 1 aliphatic heterocycles. The zero-order chi connectivity index (χ0) is 17.3. The number of nitrogens with zero attached hydrogens (tertiary/aromatic N) is 2. The summed E-state index contributed by atoms with van der Waals surface area (Å²) in [5.74, 6) is -0.125. The SMILES string of the molecule is CN1C(=O)COc2ccc(NC(=O)c3cccc([N+](=O)[O-])c3)cc21. The predicted molar refractivity (Wildman–Crippen MR) is 86.4 cm³/mol. The fourth-order valence-corrected chi connectivity index (χ4v) is 2.31. The Kier molecular flexibility index (Phi) is 3.87. The Labute approximate surface area is 136 Å². The highest BCUT2D eigenvalue weighted by molar-refractivity contribution is 6.05. The molecule has 0 radical (unpaired) electrons. The standard InChI is InChI=1S/C16H13N3O5/c1-18-13-8-11(5-6-14(13)24-9-15(18)20)17-16(21)10-3-2-4-12(7-10)19(22)23/h2-8H,9H2,1H3,(H,17,21). The quantitative estimate of drug-likeness (QED) is 0.688. The molecule has 0 fully saturated rings. The van der Waals surface area contributed by atoms with Gasteiger partial charge in [-0.25, -0.2) is 0 Å². The fraction of sp³-hybridized carbons (Fsp3) is 0.125. The van der Waals surface area contributed by atoms with Crippen LogP contribution < -0.4 is 15.0 Å². The maximum absolute atomic E-state index is 12.3. The molecule has 24 heavy (non-hydrogen) atoms. The number of nitro benzene ring substituents is 1. The van der Waals surface area contributed by atoms with E-state index in [0.29, 0.717) is 17.1 Å². The first kappa shape index (κ1) is 15.5. The van der Waals surface area contributed by atoms with Gasteiger partial charge in [0.25, 0.3) is 17.5 Å². The summed E-state index contributed by atoms with van der Waals surface area (Å²) in [6, 6.07) is 10.3. The lowest BCUT2D eigenvalue weighted by molar-refractivity contribution is -0.384. The van der Waals surface area contributed by atoms with Crippen LogP contribution in [0.5, 0.6) is 5.75 Å². The molecule has 0 saturated carbocycles. The number of non-ortho nitro benzene ring substituents is 1. The number of amides is 2. The molecule has 0 unspecified atom stereocenters. The number of carbonyl (C=O) groups excluding carboxylic acids is 2.